The molecule has 0 aromatic heterocycles. The normalized spacial score (nSPS) is 12.6. The Balaban J connectivity index is 1.61. The van der Waals surface area contributed by atoms with Crippen molar-refractivity contribution in [3.63, 3.8) is 0 Å². The van der Waals surface area contributed by atoms with Crippen molar-refractivity contribution in [2.75, 3.05) is 26.4 Å². The first-order valence-corrected chi connectivity index (χ1v) is 20.0. The monoisotopic (exact) mass is 864 g/mol. The van der Waals surface area contributed by atoms with E-state index < -0.39 is 104 Å². The summed E-state index contributed by atoms with van der Waals surface area (Å²) in [6.07, 6.45) is 0. The molecule has 26 heteroatoms. The van der Waals surface area contributed by atoms with Gasteiger partial charge in [0.15, 0.2) is 5.75 Å². The van der Waals surface area contributed by atoms with Gasteiger partial charge in [0, 0.05) is 24.3 Å². The summed E-state index contributed by atoms with van der Waals surface area (Å²) >= 11 is 0. The summed E-state index contributed by atoms with van der Waals surface area (Å²) in [7, 11) is -15.2. The van der Waals surface area contributed by atoms with E-state index in [9.17, 15) is 69.6 Å². The number of aliphatic hydroxyl groups excluding tert-OH is 2. The van der Waals surface area contributed by atoms with Crippen LogP contribution in [-0.4, -0.2) is 96.0 Å². The van der Waals surface area contributed by atoms with E-state index in [1.165, 1.54) is 18.2 Å². The summed E-state index contributed by atoms with van der Waals surface area (Å²) in [5.41, 5.74) is -2.23. The van der Waals surface area contributed by atoms with Crippen molar-refractivity contribution in [3.05, 3.63) is 66.7 Å². The number of azo groups is 3. The topological polar surface area (TPSA) is 377 Å². The largest absolute Gasteiger partial charge is 0.508 e. The highest BCUT2D eigenvalue weighted by Gasteiger charge is 2.26. The number of benzene rings is 5. The fourth-order valence-electron chi connectivity index (χ4n) is 4.89. The molecule has 0 aliphatic heterocycles. The van der Waals surface area contributed by atoms with Crippen molar-refractivity contribution in [2.45, 2.75) is 14.7 Å². The lowest BCUT2D eigenvalue weighted by Gasteiger charge is -2.13. The Morgan fingerprint density at radius 3 is 1.62 bits per heavy atom. The summed E-state index contributed by atoms with van der Waals surface area (Å²) in [6, 6.07) is 10.6. The van der Waals surface area contributed by atoms with Crippen LogP contribution in [-0.2, 0) is 30.4 Å². The quantitative estimate of drug-likeness (QED) is 0.0470. The zero-order valence-electron chi connectivity index (χ0n) is 28.9. The molecular formula is C32H28N6O17S3. The number of nitrogens with zero attached hydrogens (tertiary/aromatic N) is 6. The van der Waals surface area contributed by atoms with Crippen LogP contribution in [0.3, 0.4) is 0 Å². The van der Waals surface area contributed by atoms with E-state index >= 15 is 0 Å². The van der Waals surface area contributed by atoms with E-state index in [1.807, 2.05) is 0 Å². The van der Waals surface area contributed by atoms with Gasteiger partial charge < -0.3 is 40.1 Å². The van der Waals surface area contributed by atoms with Gasteiger partial charge in [-0.3, -0.25) is 13.7 Å². The predicted octanol–water partition coefficient (Wildman–Crippen LogP) is 5.39. The first kappa shape index (κ1) is 42.7. The Morgan fingerprint density at radius 1 is 0.517 bits per heavy atom. The number of ether oxygens (including phenoxy) is 2. The molecule has 58 heavy (non-hydrogen) atoms. The maximum absolute atomic E-state index is 12.4. The van der Waals surface area contributed by atoms with Gasteiger partial charge >= 0.3 is 0 Å². The van der Waals surface area contributed by atoms with E-state index in [-0.39, 0.29) is 46.6 Å². The van der Waals surface area contributed by atoms with Gasteiger partial charge in [-0.2, -0.15) is 30.4 Å². The highest BCUT2D eigenvalue weighted by Crippen LogP contribution is 2.47. The number of rotatable bonds is 15. The van der Waals surface area contributed by atoms with Crippen LogP contribution in [0.5, 0.6) is 34.5 Å². The molecule has 0 unspecified atom stereocenters. The molecule has 0 amide bonds. The van der Waals surface area contributed by atoms with Crippen LogP contribution in [0.15, 0.2) is 112 Å². The number of aromatic hydroxyl groups is 4. The molecule has 0 aliphatic rings. The van der Waals surface area contributed by atoms with E-state index in [1.54, 1.807) is 0 Å². The number of aliphatic hydroxyl groups is 2. The fourth-order valence-corrected chi connectivity index (χ4v) is 6.73. The third-order valence-corrected chi connectivity index (χ3v) is 9.97. The van der Waals surface area contributed by atoms with Gasteiger partial charge in [0.1, 0.15) is 80.2 Å². The SMILES string of the molecule is O=S(=O)(O)c1cc(O)c2c(O)c(N=Nc3cc(OCCO)c(N=Nc4ccc(N=Nc5ccc(O)cc5O)cc4S(=O)(=O)O)cc3OCCO)c(S(=O)(=O)O)cc2c1. The zero-order valence-corrected chi connectivity index (χ0v) is 31.3. The highest BCUT2D eigenvalue weighted by molar-refractivity contribution is 7.86. The van der Waals surface area contributed by atoms with Crippen LogP contribution in [0, 0.1) is 0 Å². The van der Waals surface area contributed by atoms with Crippen molar-refractivity contribution >= 4 is 75.3 Å². The smallest absolute Gasteiger partial charge is 0.296 e. The average molecular weight is 865 g/mol. The molecule has 5 aromatic carbocycles. The highest BCUT2D eigenvalue weighted by atomic mass is 32.2. The molecule has 5 rings (SSSR count). The second-order valence-corrected chi connectivity index (χ2v) is 15.6. The van der Waals surface area contributed by atoms with Gasteiger partial charge in [0.25, 0.3) is 30.4 Å². The van der Waals surface area contributed by atoms with Crippen LogP contribution < -0.4 is 9.47 Å². The molecule has 0 aliphatic carbocycles. The first-order valence-electron chi connectivity index (χ1n) is 15.7. The van der Waals surface area contributed by atoms with Crippen LogP contribution in [0.1, 0.15) is 0 Å². The van der Waals surface area contributed by atoms with E-state index in [4.69, 9.17) is 9.47 Å². The van der Waals surface area contributed by atoms with Crippen LogP contribution in [0.2, 0.25) is 0 Å². The van der Waals surface area contributed by atoms with E-state index in [0.717, 1.165) is 30.3 Å². The minimum Gasteiger partial charge on any atom is -0.508 e. The maximum atomic E-state index is 12.4. The molecule has 23 nitrogen and oxygen atoms in total. The molecule has 0 spiro atoms. The zero-order chi connectivity index (χ0) is 42.6. The maximum Gasteiger partial charge on any atom is 0.296 e. The summed E-state index contributed by atoms with van der Waals surface area (Å²) < 4.78 is 113. The van der Waals surface area contributed by atoms with Gasteiger partial charge in [-0.15, -0.1) is 25.6 Å². The van der Waals surface area contributed by atoms with Crippen molar-refractivity contribution in [1.82, 2.24) is 0 Å². The Kier molecular flexibility index (Phi) is 12.5. The molecule has 5 aromatic rings. The molecule has 0 radical (unpaired) electrons. The Hall–Kier alpha value is -6.39. The van der Waals surface area contributed by atoms with Crippen LogP contribution in [0.25, 0.3) is 10.8 Å². The lowest BCUT2D eigenvalue weighted by atomic mass is 10.1. The van der Waals surface area contributed by atoms with E-state index in [0.29, 0.717) is 18.2 Å². The predicted molar refractivity (Wildman–Crippen MR) is 197 cm³/mol. The second kappa shape index (κ2) is 17.0. The summed E-state index contributed by atoms with van der Waals surface area (Å²) in [4.78, 5) is -2.81. The number of phenolic OH excluding ortho intramolecular Hbond substituents is 4. The third kappa shape index (κ3) is 9.94. The lowest BCUT2D eigenvalue weighted by Crippen LogP contribution is -2.04. The van der Waals surface area contributed by atoms with E-state index in [2.05, 4.69) is 30.7 Å². The third-order valence-electron chi connectivity index (χ3n) is 7.39. The average Bonchev–Trinajstić information content (AvgIpc) is 3.13. The fraction of sp³-hybridized carbons (Fsp3) is 0.125. The van der Waals surface area contributed by atoms with Gasteiger partial charge in [-0.05, 0) is 47.9 Å². The molecule has 9 N–H and O–H groups in total. The number of hydrogen-bond donors (Lipinski definition) is 9. The lowest BCUT2D eigenvalue weighted by molar-refractivity contribution is 0.198. The molecule has 0 bridgehead atoms. The van der Waals surface area contributed by atoms with Crippen molar-refractivity contribution in [2.24, 2.45) is 30.7 Å². The molecule has 0 saturated carbocycles. The molecule has 0 atom stereocenters. The van der Waals surface area contributed by atoms with Crippen LogP contribution in [0.4, 0.5) is 34.1 Å². The van der Waals surface area contributed by atoms with Gasteiger partial charge in [0.2, 0.25) is 0 Å². The van der Waals surface area contributed by atoms with Gasteiger partial charge in [0.05, 0.1) is 29.2 Å². The minimum atomic E-state index is -5.28. The summed E-state index contributed by atoms with van der Waals surface area (Å²) in [5.74, 6) is -3.31. The molecule has 0 saturated heterocycles. The first-order chi connectivity index (χ1) is 27.2. The number of hydrogen-bond acceptors (Lipinski definition) is 20. The van der Waals surface area contributed by atoms with Gasteiger partial charge in [-0.1, -0.05) is 0 Å². The molecule has 0 fully saturated rings. The molecule has 0 heterocycles. The van der Waals surface area contributed by atoms with Crippen molar-refractivity contribution < 1.29 is 79.0 Å². The molecule has 306 valence electrons. The number of phenols is 4. The van der Waals surface area contributed by atoms with Crippen molar-refractivity contribution in [1.29, 1.82) is 0 Å². The second-order valence-electron chi connectivity index (χ2n) is 11.4. The number of fused-ring (bicyclic) bond motifs is 1. The Morgan fingerprint density at radius 2 is 1.07 bits per heavy atom. The summed E-state index contributed by atoms with van der Waals surface area (Å²) in [5, 5.41) is 81.8. The Bertz CT molecular complexity index is 2850. The standard InChI is InChI=1S/C32H28N6O17S3/c39-5-7-54-26-15-23(37-38-31-29(58(51,52)53)10-16-9-19(56(45,46)47)13-25(43)30(16)32(31)44)27(55-8-6-40)14-22(26)36-35-21-3-1-17(11-28(21)57(48,49)50)33-34-20-4-2-18(41)12-24(20)42/h1-4,9-15,39-44H,5-8H2,(H,45,46,47)(H,48,49,50)(H,51,52,53). The van der Waals surface area contributed by atoms with Crippen molar-refractivity contribution in [3.8, 4) is 34.5 Å². The summed E-state index contributed by atoms with van der Waals surface area (Å²) in [6.45, 7) is -1.90. The Labute approximate surface area is 326 Å². The van der Waals surface area contributed by atoms with Gasteiger partial charge in [-0.25, -0.2) is 0 Å². The minimum absolute atomic E-state index is 0.0864. The molecular weight excluding hydrogens is 837 g/mol. The van der Waals surface area contributed by atoms with Crippen LogP contribution >= 0.6 is 0 Å².